The molecular weight excluding hydrogens is 202 g/mol. The molecule has 3 nitrogen and oxygen atoms in total. The van der Waals surface area contributed by atoms with Gasteiger partial charge in [0.1, 0.15) is 6.10 Å². The van der Waals surface area contributed by atoms with Crippen molar-refractivity contribution in [1.29, 1.82) is 0 Å². The molecule has 1 unspecified atom stereocenters. The molecule has 1 fully saturated rings. The number of rotatable bonds is 2. The highest BCUT2D eigenvalue weighted by atomic mass is 16.5. The minimum Gasteiger partial charge on any atom is -0.485 e. The first-order chi connectivity index (χ1) is 7.84. The van der Waals surface area contributed by atoms with Gasteiger partial charge in [0.25, 0.3) is 0 Å². The normalized spacial score (nSPS) is 20.4. The first kappa shape index (κ1) is 9.73. The van der Waals surface area contributed by atoms with Crippen LogP contribution in [0.2, 0.25) is 0 Å². The van der Waals surface area contributed by atoms with Crippen molar-refractivity contribution in [3.05, 3.63) is 30.0 Å². The van der Waals surface area contributed by atoms with Gasteiger partial charge < -0.3 is 14.5 Å². The van der Waals surface area contributed by atoms with Crippen LogP contribution in [0.4, 0.5) is 0 Å². The van der Waals surface area contributed by atoms with Crippen LogP contribution in [-0.2, 0) is 0 Å². The predicted octanol–water partition coefficient (Wildman–Crippen LogP) is 2.48. The molecule has 3 rings (SSSR count). The molecule has 1 aliphatic rings. The molecule has 16 heavy (non-hydrogen) atoms. The highest BCUT2D eigenvalue weighted by Gasteiger charge is 2.18. The van der Waals surface area contributed by atoms with Gasteiger partial charge in [-0.2, -0.15) is 0 Å². The molecule has 2 heterocycles. The lowest BCUT2D eigenvalue weighted by molar-refractivity contribution is 0.223. The lowest BCUT2D eigenvalue weighted by Gasteiger charge is -2.12. The Morgan fingerprint density at radius 1 is 1.44 bits per heavy atom. The topological polar surface area (TPSA) is 34.4 Å². The van der Waals surface area contributed by atoms with E-state index in [0.29, 0.717) is 0 Å². The average Bonchev–Trinajstić information content (AvgIpc) is 2.90. The number of nitrogens with one attached hydrogen (secondary N) is 1. The molecule has 0 radical (unpaired) electrons. The van der Waals surface area contributed by atoms with Gasteiger partial charge in [-0.3, -0.25) is 0 Å². The Morgan fingerprint density at radius 2 is 2.38 bits per heavy atom. The van der Waals surface area contributed by atoms with E-state index < -0.39 is 0 Å². The molecule has 0 amide bonds. The molecule has 0 spiro atoms. The number of fused-ring (bicyclic) bond motifs is 1. The van der Waals surface area contributed by atoms with E-state index in [2.05, 4.69) is 11.4 Å². The zero-order valence-corrected chi connectivity index (χ0v) is 9.32. The lowest BCUT2D eigenvalue weighted by Crippen LogP contribution is -2.19. The third-order valence-corrected chi connectivity index (χ3v) is 3.07. The zero-order chi connectivity index (χ0) is 11.0. The van der Waals surface area contributed by atoms with Crippen molar-refractivity contribution in [2.75, 3.05) is 13.1 Å². The summed E-state index contributed by atoms with van der Waals surface area (Å²) in [6.45, 7) is 4.01. The summed E-state index contributed by atoms with van der Waals surface area (Å²) < 4.78 is 11.5. The van der Waals surface area contributed by atoms with Gasteiger partial charge >= 0.3 is 0 Å². The first-order valence-electron chi connectivity index (χ1n) is 5.69. The maximum atomic E-state index is 5.95. The molecular formula is C13H15NO2. The number of para-hydroxylation sites is 1. The summed E-state index contributed by atoms with van der Waals surface area (Å²) in [6.07, 6.45) is 3.12. The minimum absolute atomic E-state index is 0.274. The van der Waals surface area contributed by atoms with Gasteiger partial charge in [0.15, 0.2) is 11.3 Å². The molecule has 2 aromatic rings. The average molecular weight is 217 g/mol. The second kappa shape index (κ2) is 3.83. The van der Waals surface area contributed by atoms with Crippen LogP contribution >= 0.6 is 0 Å². The standard InChI is InChI=1S/C13H15NO2/c1-9-8-15-13-11(9)3-2-4-12(13)16-10-5-6-14-7-10/h2-4,8,10,14H,5-7H2,1H3. The maximum Gasteiger partial charge on any atom is 0.175 e. The fourth-order valence-electron chi connectivity index (χ4n) is 2.16. The van der Waals surface area contributed by atoms with E-state index >= 15 is 0 Å². The monoisotopic (exact) mass is 217 g/mol. The molecule has 1 aromatic heterocycles. The lowest BCUT2D eigenvalue weighted by atomic mass is 10.2. The Labute approximate surface area is 94.4 Å². The Bertz CT molecular complexity index is 498. The first-order valence-corrected chi connectivity index (χ1v) is 5.69. The van der Waals surface area contributed by atoms with Gasteiger partial charge in [-0.05, 0) is 31.5 Å². The SMILES string of the molecule is Cc1coc2c(OC3CCNC3)cccc12. The van der Waals surface area contributed by atoms with Crippen LogP contribution in [0.25, 0.3) is 11.0 Å². The predicted molar refractivity (Wildman–Crippen MR) is 62.9 cm³/mol. The second-order valence-electron chi connectivity index (χ2n) is 4.28. The van der Waals surface area contributed by atoms with Gasteiger partial charge in [0, 0.05) is 11.9 Å². The van der Waals surface area contributed by atoms with Crippen molar-refractivity contribution in [2.45, 2.75) is 19.4 Å². The smallest absolute Gasteiger partial charge is 0.175 e. The summed E-state index contributed by atoms with van der Waals surface area (Å²) in [6, 6.07) is 6.06. The van der Waals surface area contributed by atoms with Gasteiger partial charge in [-0.15, -0.1) is 0 Å². The Kier molecular flexibility index (Phi) is 2.33. The molecule has 3 heteroatoms. The zero-order valence-electron chi connectivity index (χ0n) is 9.32. The van der Waals surface area contributed by atoms with Crippen molar-refractivity contribution in [3.63, 3.8) is 0 Å². The summed E-state index contributed by atoms with van der Waals surface area (Å²) in [5, 5.41) is 4.43. The highest BCUT2D eigenvalue weighted by molar-refractivity contribution is 5.85. The summed E-state index contributed by atoms with van der Waals surface area (Å²) in [4.78, 5) is 0. The van der Waals surface area contributed by atoms with E-state index in [4.69, 9.17) is 9.15 Å². The largest absolute Gasteiger partial charge is 0.485 e. The van der Waals surface area contributed by atoms with Crippen molar-refractivity contribution in [1.82, 2.24) is 5.32 Å². The van der Waals surface area contributed by atoms with Crippen LogP contribution in [0.15, 0.2) is 28.9 Å². The van der Waals surface area contributed by atoms with Crippen LogP contribution in [0.3, 0.4) is 0 Å². The van der Waals surface area contributed by atoms with Crippen molar-refractivity contribution in [2.24, 2.45) is 0 Å². The number of ether oxygens (including phenoxy) is 1. The summed E-state index contributed by atoms with van der Waals surface area (Å²) in [5.74, 6) is 0.860. The van der Waals surface area contributed by atoms with Crippen LogP contribution in [0.5, 0.6) is 5.75 Å². The quantitative estimate of drug-likeness (QED) is 0.839. The molecule has 84 valence electrons. The Hall–Kier alpha value is -1.48. The summed E-state index contributed by atoms with van der Waals surface area (Å²) in [5.41, 5.74) is 2.02. The van der Waals surface area contributed by atoms with Gasteiger partial charge in [-0.1, -0.05) is 12.1 Å². The fourth-order valence-corrected chi connectivity index (χ4v) is 2.16. The molecule has 0 bridgehead atoms. The Morgan fingerprint density at radius 3 is 3.19 bits per heavy atom. The molecule has 1 aliphatic heterocycles. The second-order valence-corrected chi connectivity index (χ2v) is 4.28. The molecule has 1 saturated heterocycles. The third-order valence-electron chi connectivity index (χ3n) is 3.07. The number of furan rings is 1. The molecule has 1 N–H and O–H groups in total. The number of benzene rings is 1. The molecule has 0 saturated carbocycles. The van der Waals surface area contributed by atoms with E-state index in [0.717, 1.165) is 41.8 Å². The summed E-state index contributed by atoms with van der Waals surface area (Å²) in [7, 11) is 0. The summed E-state index contributed by atoms with van der Waals surface area (Å²) >= 11 is 0. The molecule has 1 atom stereocenters. The van der Waals surface area contributed by atoms with Gasteiger partial charge in [0.05, 0.1) is 6.26 Å². The number of hydrogen-bond donors (Lipinski definition) is 1. The van der Waals surface area contributed by atoms with E-state index in [-0.39, 0.29) is 6.10 Å². The van der Waals surface area contributed by atoms with E-state index in [1.807, 2.05) is 19.1 Å². The number of hydrogen-bond acceptors (Lipinski definition) is 3. The van der Waals surface area contributed by atoms with Crippen LogP contribution in [-0.4, -0.2) is 19.2 Å². The van der Waals surface area contributed by atoms with Gasteiger partial charge in [-0.25, -0.2) is 0 Å². The van der Waals surface area contributed by atoms with Crippen molar-refractivity contribution >= 4 is 11.0 Å². The third kappa shape index (κ3) is 1.57. The van der Waals surface area contributed by atoms with Crippen molar-refractivity contribution < 1.29 is 9.15 Å². The van der Waals surface area contributed by atoms with Crippen LogP contribution in [0.1, 0.15) is 12.0 Å². The fraction of sp³-hybridized carbons (Fsp3) is 0.385. The van der Waals surface area contributed by atoms with E-state index in [1.165, 1.54) is 0 Å². The molecule has 1 aromatic carbocycles. The minimum atomic E-state index is 0.274. The molecule has 0 aliphatic carbocycles. The Balaban J connectivity index is 1.96. The van der Waals surface area contributed by atoms with Gasteiger partial charge in [0.2, 0.25) is 0 Å². The van der Waals surface area contributed by atoms with Crippen molar-refractivity contribution in [3.8, 4) is 5.75 Å². The number of aryl methyl sites for hydroxylation is 1. The van der Waals surface area contributed by atoms with Crippen LogP contribution in [0, 0.1) is 6.92 Å². The highest BCUT2D eigenvalue weighted by Crippen LogP contribution is 2.30. The van der Waals surface area contributed by atoms with E-state index in [1.54, 1.807) is 6.26 Å². The maximum absolute atomic E-state index is 5.95. The van der Waals surface area contributed by atoms with E-state index in [9.17, 15) is 0 Å². The van der Waals surface area contributed by atoms with Crippen LogP contribution < -0.4 is 10.1 Å².